The number of rotatable bonds is 9. The highest BCUT2D eigenvalue weighted by atomic mass is 32.2. The Labute approximate surface area is 208 Å². The molecule has 186 valence electrons. The number of hydrogen-bond donors (Lipinski definition) is 0. The van der Waals surface area contributed by atoms with Crippen molar-refractivity contribution in [3.8, 4) is 0 Å². The summed E-state index contributed by atoms with van der Waals surface area (Å²) >= 11 is 0. The lowest BCUT2D eigenvalue weighted by atomic mass is 9.96. The van der Waals surface area contributed by atoms with Gasteiger partial charge in [-0.25, -0.2) is 13.4 Å². The zero-order chi connectivity index (χ0) is 24.8. The van der Waals surface area contributed by atoms with E-state index < -0.39 is 10.0 Å². The monoisotopic (exact) mass is 494 g/mol. The molecule has 1 aliphatic heterocycles. The number of carbonyl (C=O) groups excluding carboxylic acids is 1. The summed E-state index contributed by atoms with van der Waals surface area (Å²) in [7, 11) is -1.87. The molecule has 3 aromatic rings. The van der Waals surface area contributed by atoms with Crippen LogP contribution < -0.4 is 0 Å². The van der Waals surface area contributed by atoms with Crippen LogP contribution in [0.15, 0.2) is 71.9 Å². The maximum absolute atomic E-state index is 13.6. The number of aromatic nitrogens is 2. The number of piperidine rings is 1. The molecule has 0 spiro atoms. The molecule has 1 fully saturated rings. The maximum Gasteiger partial charge on any atom is 0.262 e. The highest BCUT2D eigenvalue weighted by Gasteiger charge is 2.35. The third kappa shape index (κ3) is 6.18. The van der Waals surface area contributed by atoms with Crippen LogP contribution in [0.1, 0.15) is 29.8 Å². The molecule has 7 nitrogen and oxygen atoms in total. The van der Waals surface area contributed by atoms with Crippen LogP contribution >= 0.6 is 0 Å². The summed E-state index contributed by atoms with van der Waals surface area (Å²) in [6.07, 6.45) is 4.20. The minimum atomic E-state index is -3.65. The number of hydrogen-bond acceptors (Lipinski definition) is 4. The van der Waals surface area contributed by atoms with E-state index in [1.165, 1.54) is 15.4 Å². The zero-order valence-corrected chi connectivity index (χ0v) is 21.3. The van der Waals surface area contributed by atoms with E-state index >= 15 is 0 Å². The Balaban J connectivity index is 1.40. The molecule has 8 heteroatoms. The third-order valence-corrected chi connectivity index (χ3v) is 8.60. The number of aryl methyl sites for hydroxylation is 2. The molecule has 0 aliphatic carbocycles. The van der Waals surface area contributed by atoms with Gasteiger partial charge in [0.1, 0.15) is 5.82 Å². The standard InChI is InChI=1S/C27H34N4O3S/c1-22-28-26(21-29(22)2)35(33,34)31-19-15-25(16-20-31)27(32)30(17-13-23-9-5-3-6-10-23)18-14-24-11-7-4-8-12-24/h3-12,21,25H,13-20H2,1-2H3. The van der Waals surface area contributed by atoms with Gasteiger partial charge in [-0.15, -0.1) is 0 Å². The molecule has 4 rings (SSSR count). The summed E-state index contributed by atoms with van der Waals surface area (Å²) in [5.74, 6) is 0.613. The van der Waals surface area contributed by atoms with Gasteiger partial charge < -0.3 is 9.47 Å². The molecule has 2 aromatic carbocycles. The van der Waals surface area contributed by atoms with Crippen molar-refractivity contribution in [1.82, 2.24) is 18.8 Å². The van der Waals surface area contributed by atoms with Crippen molar-refractivity contribution >= 4 is 15.9 Å². The van der Waals surface area contributed by atoms with Gasteiger partial charge in [0.2, 0.25) is 5.91 Å². The summed E-state index contributed by atoms with van der Waals surface area (Å²) < 4.78 is 29.3. The third-order valence-electron chi connectivity index (χ3n) is 6.83. The van der Waals surface area contributed by atoms with Crippen molar-refractivity contribution in [2.75, 3.05) is 26.2 Å². The first-order chi connectivity index (χ1) is 16.8. The number of imidazole rings is 1. The Kier molecular flexibility index (Phi) is 8.03. The Morgan fingerprint density at radius 1 is 0.943 bits per heavy atom. The van der Waals surface area contributed by atoms with Gasteiger partial charge >= 0.3 is 0 Å². The van der Waals surface area contributed by atoms with Crippen LogP contribution in [-0.4, -0.2) is 59.3 Å². The summed E-state index contributed by atoms with van der Waals surface area (Å²) in [5, 5.41) is 0.0784. The molecule has 0 unspecified atom stereocenters. The van der Waals surface area contributed by atoms with Crippen molar-refractivity contribution in [3.05, 3.63) is 83.8 Å². The van der Waals surface area contributed by atoms with E-state index in [0.29, 0.717) is 44.8 Å². The zero-order valence-electron chi connectivity index (χ0n) is 20.5. The molecule has 35 heavy (non-hydrogen) atoms. The number of sulfonamides is 1. The first kappa shape index (κ1) is 25.1. The normalized spacial score (nSPS) is 15.3. The fourth-order valence-electron chi connectivity index (χ4n) is 4.53. The van der Waals surface area contributed by atoms with Crippen molar-refractivity contribution in [2.24, 2.45) is 13.0 Å². The van der Waals surface area contributed by atoms with Crippen LogP contribution in [-0.2, 0) is 34.7 Å². The molecule has 2 heterocycles. The molecule has 0 atom stereocenters. The van der Waals surface area contributed by atoms with Gasteiger partial charge in [0.05, 0.1) is 0 Å². The number of amides is 1. The number of nitrogens with zero attached hydrogens (tertiary/aromatic N) is 4. The van der Waals surface area contributed by atoms with Crippen LogP contribution in [0.25, 0.3) is 0 Å². The minimum absolute atomic E-state index is 0.0784. The molecule has 1 aliphatic rings. The first-order valence-corrected chi connectivity index (χ1v) is 13.7. The van der Waals surface area contributed by atoms with E-state index in [4.69, 9.17) is 0 Å². The Morgan fingerprint density at radius 2 is 1.46 bits per heavy atom. The number of benzene rings is 2. The summed E-state index contributed by atoms with van der Waals surface area (Å²) in [5.41, 5.74) is 2.41. The van der Waals surface area contributed by atoms with Crippen molar-refractivity contribution < 1.29 is 13.2 Å². The topological polar surface area (TPSA) is 75.5 Å². The van der Waals surface area contributed by atoms with Crippen LogP contribution in [0.3, 0.4) is 0 Å². The van der Waals surface area contributed by atoms with Gasteiger partial charge in [0.25, 0.3) is 10.0 Å². The van der Waals surface area contributed by atoms with Crippen molar-refractivity contribution in [2.45, 2.75) is 37.6 Å². The Bertz CT molecular complexity index is 1150. The average molecular weight is 495 g/mol. The Morgan fingerprint density at radius 3 is 1.91 bits per heavy atom. The second kappa shape index (κ2) is 11.2. The van der Waals surface area contributed by atoms with E-state index in [2.05, 4.69) is 29.2 Å². The largest absolute Gasteiger partial charge is 0.342 e. The van der Waals surface area contributed by atoms with Crippen LogP contribution in [0.2, 0.25) is 0 Å². The lowest BCUT2D eigenvalue weighted by Gasteiger charge is -2.33. The molecule has 0 saturated carbocycles. The van der Waals surface area contributed by atoms with Gasteiger partial charge in [-0.1, -0.05) is 60.7 Å². The second-order valence-corrected chi connectivity index (χ2v) is 11.1. The predicted molar refractivity (Wildman–Crippen MR) is 136 cm³/mol. The van der Waals surface area contributed by atoms with E-state index in [-0.39, 0.29) is 16.9 Å². The van der Waals surface area contributed by atoms with E-state index in [1.54, 1.807) is 24.7 Å². The van der Waals surface area contributed by atoms with Crippen LogP contribution in [0, 0.1) is 12.8 Å². The summed E-state index contributed by atoms with van der Waals surface area (Å²) in [4.78, 5) is 19.7. The molecular weight excluding hydrogens is 460 g/mol. The lowest BCUT2D eigenvalue weighted by molar-refractivity contribution is -0.136. The van der Waals surface area contributed by atoms with Gasteiger partial charge in [-0.2, -0.15) is 4.31 Å². The van der Waals surface area contributed by atoms with Gasteiger partial charge in [0, 0.05) is 45.3 Å². The van der Waals surface area contributed by atoms with Crippen LogP contribution in [0.4, 0.5) is 0 Å². The number of carbonyl (C=O) groups is 1. The maximum atomic E-state index is 13.6. The summed E-state index contributed by atoms with van der Waals surface area (Å²) in [6.45, 7) is 3.76. The highest BCUT2D eigenvalue weighted by molar-refractivity contribution is 7.89. The SMILES string of the molecule is Cc1nc(S(=O)(=O)N2CCC(C(=O)N(CCc3ccccc3)CCc3ccccc3)CC2)cn1C. The van der Waals surface area contributed by atoms with Gasteiger partial charge in [-0.05, 0) is 43.7 Å². The summed E-state index contributed by atoms with van der Waals surface area (Å²) in [6, 6.07) is 20.4. The fourth-order valence-corrected chi connectivity index (χ4v) is 6.03. The average Bonchev–Trinajstić information content (AvgIpc) is 3.24. The van der Waals surface area contributed by atoms with Gasteiger partial charge in [0.15, 0.2) is 5.03 Å². The molecule has 1 saturated heterocycles. The molecule has 0 N–H and O–H groups in total. The molecule has 1 amide bonds. The minimum Gasteiger partial charge on any atom is -0.342 e. The van der Waals surface area contributed by atoms with Crippen molar-refractivity contribution in [1.29, 1.82) is 0 Å². The van der Waals surface area contributed by atoms with Crippen LogP contribution in [0.5, 0.6) is 0 Å². The quantitative estimate of drug-likeness (QED) is 0.457. The van der Waals surface area contributed by atoms with Gasteiger partial charge in [-0.3, -0.25) is 4.79 Å². The van der Waals surface area contributed by atoms with E-state index in [0.717, 1.165) is 12.8 Å². The lowest BCUT2D eigenvalue weighted by Crippen LogP contribution is -2.45. The second-order valence-electron chi connectivity index (χ2n) is 9.21. The molecule has 1 aromatic heterocycles. The van der Waals surface area contributed by atoms with E-state index in [9.17, 15) is 13.2 Å². The first-order valence-electron chi connectivity index (χ1n) is 12.2. The predicted octanol–water partition coefficient (Wildman–Crippen LogP) is 3.44. The van der Waals surface area contributed by atoms with Crippen molar-refractivity contribution in [3.63, 3.8) is 0 Å². The molecule has 0 radical (unpaired) electrons. The highest BCUT2D eigenvalue weighted by Crippen LogP contribution is 2.25. The molecular formula is C27H34N4O3S. The fraction of sp³-hybridized carbons (Fsp3) is 0.407. The molecule has 0 bridgehead atoms. The Hall–Kier alpha value is -2.97. The smallest absolute Gasteiger partial charge is 0.262 e. The van der Waals surface area contributed by atoms with E-state index in [1.807, 2.05) is 41.3 Å².